The third-order valence-corrected chi connectivity index (χ3v) is 4.05. The number of fused-ring (bicyclic) bond motifs is 1. The minimum absolute atomic E-state index is 0.139. The van der Waals surface area contributed by atoms with Crippen LogP contribution in [0, 0.1) is 17.2 Å². The average molecular weight is 299 g/mol. The largest absolute Gasteiger partial charge is 0.493 e. The first-order valence-corrected chi connectivity index (χ1v) is 7.25. The first-order chi connectivity index (χ1) is 10.2. The maximum atomic E-state index is 8.90. The summed E-state index contributed by atoms with van der Waals surface area (Å²) in [6.07, 6.45) is 0. The molecule has 0 radical (unpaired) electrons. The Kier molecular flexibility index (Phi) is 3.72. The van der Waals surface area contributed by atoms with Gasteiger partial charge in [0.15, 0.2) is 0 Å². The minimum Gasteiger partial charge on any atom is -0.493 e. The molecular weight excluding hydrogens is 284 g/mol. The van der Waals surface area contributed by atoms with Crippen LogP contribution in [0.25, 0.3) is 0 Å². The Balaban J connectivity index is 1.93. The van der Waals surface area contributed by atoms with Crippen LogP contribution in [-0.4, -0.2) is 6.61 Å². The lowest BCUT2D eigenvalue weighted by atomic mass is 9.92. The molecule has 1 heterocycles. The number of halogens is 1. The lowest BCUT2D eigenvalue weighted by Gasteiger charge is -2.33. The van der Waals surface area contributed by atoms with E-state index >= 15 is 0 Å². The summed E-state index contributed by atoms with van der Waals surface area (Å²) < 4.78 is 5.75. The lowest BCUT2D eigenvalue weighted by molar-refractivity contribution is 0.214. The fraction of sp³-hybridized carbons (Fsp3) is 0.235. The van der Waals surface area contributed by atoms with Crippen LogP contribution >= 0.6 is 11.6 Å². The topological polar surface area (TPSA) is 45.0 Å². The summed E-state index contributed by atoms with van der Waals surface area (Å²) in [5, 5.41) is 12.9. The Hall–Kier alpha value is -2.18. The van der Waals surface area contributed by atoms with Crippen LogP contribution in [0.3, 0.4) is 0 Å². The molecule has 2 aromatic carbocycles. The van der Waals surface area contributed by atoms with E-state index in [1.54, 1.807) is 12.1 Å². The van der Waals surface area contributed by atoms with Crippen molar-refractivity contribution in [1.29, 1.82) is 5.26 Å². The van der Waals surface area contributed by atoms with Gasteiger partial charge in [0.1, 0.15) is 5.75 Å². The van der Waals surface area contributed by atoms with Crippen molar-refractivity contribution in [1.82, 2.24) is 0 Å². The number of para-hydroxylation sites is 1. The van der Waals surface area contributed by atoms with Crippen molar-refractivity contribution in [3.63, 3.8) is 0 Å². The summed E-state index contributed by atoms with van der Waals surface area (Å²) >= 11 is 6.26. The van der Waals surface area contributed by atoms with Gasteiger partial charge in [-0.25, -0.2) is 0 Å². The minimum atomic E-state index is 0.139. The molecule has 0 fully saturated rings. The molecule has 2 aromatic rings. The Morgan fingerprint density at radius 3 is 2.86 bits per heavy atom. The fourth-order valence-corrected chi connectivity index (χ4v) is 2.82. The van der Waals surface area contributed by atoms with Crippen molar-refractivity contribution in [2.45, 2.75) is 13.0 Å². The van der Waals surface area contributed by atoms with Crippen molar-refractivity contribution >= 4 is 17.3 Å². The SMILES string of the molecule is CC1COc2ccccc2C1Nc1ccc(C#N)cc1Cl. The van der Waals surface area contributed by atoms with Crippen molar-refractivity contribution in [2.75, 3.05) is 11.9 Å². The Bertz CT molecular complexity index is 708. The molecule has 2 unspecified atom stereocenters. The number of benzene rings is 2. The van der Waals surface area contributed by atoms with E-state index in [4.69, 9.17) is 21.6 Å². The van der Waals surface area contributed by atoms with E-state index in [1.165, 1.54) is 0 Å². The molecule has 0 saturated carbocycles. The zero-order valence-electron chi connectivity index (χ0n) is 11.6. The van der Waals surface area contributed by atoms with E-state index in [2.05, 4.69) is 24.4 Å². The van der Waals surface area contributed by atoms with E-state index < -0.39 is 0 Å². The maximum Gasteiger partial charge on any atom is 0.124 e. The van der Waals surface area contributed by atoms with Crippen LogP contribution in [0.15, 0.2) is 42.5 Å². The van der Waals surface area contributed by atoms with Crippen LogP contribution in [-0.2, 0) is 0 Å². The van der Waals surface area contributed by atoms with Gasteiger partial charge < -0.3 is 10.1 Å². The van der Waals surface area contributed by atoms with Gasteiger partial charge in [0.05, 0.1) is 35.0 Å². The fourth-order valence-electron chi connectivity index (χ4n) is 2.58. The summed E-state index contributed by atoms with van der Waals surface area (Å²) in [5.41, 5.74) is 2.53. The number of nitrogens with one attached hydrogen (secondary N) is 1. The highest BCUT2D eigenvalue weighted by atomic mass is 35.5. The summed E-state index contributed by atoms with van der Waals surface area (Å²) in [4.78, 5) is 0. The highest BCUT2D eigenvalue weighted by Crippen LogP contribution is 2.38. The number of nitriles is 1. The quantitative estimate of drug-likeness (QED) is 0.894. The number of hydrogen-bond donors (Lipinski definition) is 1. The Morgan fingerprint density at radius 2 is 2.10 bits per heavy atom. The molecule has 0 aromatic heterocycles. The second-order valence-corrected chi connectivity index (χ2v) is 5.66. The number of rotatable bonds is 2. The van der Waals surface area contributed by atoms with Crippen LogP contribution in [0.2, 0.25) is 5.02 Å². The predicted molar refractivity (Wildman–Crippen MR) is 83.6 cm³/mol. The Morgan fingerprint density at radius 1 is 1.29 bits per heavy atom. The zero-order chi connectivity index (χ0) is 14.8. The summed E-state index contributed by atoms with van der Waals surface area (Å²) in [6, 6.07) is 15.6. The van der Waals surface area contributed by atoms with Gasteiger partial charge in [0.2, 0.25) is 0 Å². The van der Waals surface area contributed by atoms with Gasteiger partial charge in [-0.2, -0.15) is 5.26 Å². The van der Waals surface area contributed by atoms with Gasteiger partial charge in [-0.05, 0) is 24.3 Å². The molecule has 21 heavy (non-hydrogen) atoms. The van der Waals surface area contributed by atoms with Crippen LogP contribution in [0.4, 0.5) is 5.69 Å². The summed E-state index contributed by atoms with van der Waals surface area (Å²) in [5.74, 6) is 1.24. The van der Waals surface area contributed by atoms with Crippen molar-refractivity contribution in [3.05, 3.63) is 58.6 Å². The van der Waals surface area contributed by atoms with Gasteiger partial charge in [-0.1, -0.05) is 36.7 Å². The van der Waals surface area contributed by atoms with Crippen LogP contribution < -0.4 is 10.1 Å². The molecule has 106 valence electrons. The third kappa shape index (κ3) is 2.68. The maximum absolute atomic E-state index is 8.90. The summed E-state index contributed by atoms with van der Waals surface area (Å²) in [6.45, 7) is 2.81. The molecule has 1 N–H and O–H groups in total. The molecule has 0 bridgehead atoms. The van der Waals surface area contributed by atoms with E-state index in [0.29, 0.717) is 23.1 Å². The third-order valence-electron chi connectivity index (χ3n) is 3.73. The summed E-state index contributed by atoms with van der Waals surface area (Å²) in [7, 11) is 0. The molecule has 4 heteroatoms. The molecule has 3 rings (SSSR count). The van der Waals surface area contributed by atoms with Gasteiger partial charge in [-0.3, -0.25) is 0 Å². The zero-order valence-corrected chi connectivity index (χ0v) is 12.4. The van der Waals surface area contributed by atoms with E-state index in [1.807, 2.05) is 24.3 Å². The lowest BCUT2D eigenvalue weighted by Crippen LogP contribution is -2.28. The van der Waals surface area contributed by atoms with Crippen LogP contribution in [0.5, 0.6) is 5.75 Å². The highest BCUT2D eigenvalue weighted by molar-refractivity contribution is 6.33. The molecule has 0 saturated heterocycles. The second-order valence-electron chi connectivity index (χ2n) is 5.25. The molecule has 0 spiro atoms. The average Bonchev–Trinajstić information content (AvgIpc) is 2.51. The van der Waals surface area contributed by atoms with E-state index in [-0.39, 0.29) is 6.04 Å². The first kappa shape index (κ1) is 13.8. The smallest absolute Gasteiger partial charge is 0.124 e. The monoisotopic (exact) mass is 298 g/mol. The molecule has 3 nitrogen and oxygen atoms in total. The molecule has 0 amide bonds. The molecule has 1 aliphatic rings. The number of anilines is 1. The number of ether oxygens (including phenoxy) is 1. The Labute approximate surface area is 129 Å². The second kappa shape index (κ2) is 5.67. The van der Waals surface area contributed by atoms with Crippen molar-refractivity contribution < 1.29 is 4.74 Å². The predicted octanol–water partition coefficient (Wildman–Crippen LogP) is 4.39. The van der Waals surface area contributed by atoms with Crippen molar-refractivity contribution in [2.24, 2.45) is 5.92 Å². The van der Waals surface area contributed by atoms with E-state index in [0.717, 1.165) is 17.0 Å². The molecule has 0 aliphatic carbocycles. The van der Waals surface area contributed by atoms with Gasteiger partial charge in [-0.15, -0.1) is 0 Å². The molecule has 2 atom stereocenters. The number of nitrogens with zero attached hydrogens (tertiary/aromatic N) is 1. The van der Waals surface area contributed by atoms with Crippen LogP contribution in [0.1, 0.15) is 24.1 Å². The van der Waals surface area contributed by atoms with Gasteiger partial charge in [0.25, 0.3) is 0 Å². The normalized spacial score (nSPS) is 20.0. The van der Waals surface area contributed by atoms with Crippen molar-refractivity contribution in [3.8, 4) is 11.8 Å². The highest BCUT2D eigenvalue weighted by Gasteiger charge is 2.27. The van der Waals surface area contributed by atoms with Gasteiger partial charge >= 0.3 is 0 Å². The van der Waals surface area contributed by atoms with E-state index in [9.17, 15) is 0 Å². The number of hydrogen-bond acceptors (Lipinski definition) is 3. The molecular formula is C17H15ClN2O. The first-order valence-electron chi connectivity index (χ1n) is 6.87. The standard InChI is InChI=1S/C17H15ClN2O/c1-11-10-21-16-5-3-2-4-13(16)17(11)20-15-7-6-12(9-19)8-14(15)18/h2-8,11,17,20H,10H2,1H3. The molecule has 1 aliphatic heterocycles. The van der Waals surface area contributed by atoms with Gasteiger partial charge in [0, 0.05) is 11.5 Å².